The molecule has 6 aromatic rings. The molecule has 0 saturated heterocycles. The quantitative estimate of drug-likeness (QED) is 0.151. The lowest BCUT2D eigenvalue weighted by atomic mass is 10.0. The van der Waals surface area contributed by atoms with Crippen LogP contribution in [0.5, 0.6) is 17.4 Å². The molecule has 220 valence electrons. The van der Waals surface area contributed by atoms with Gasteiger partial charge in [-0.1, -0.05) is 103 Å². The molecule has 1 heterocycles. The Hall–Kier alpha value is -5.33. The van der Waals surface area contributed by atoms with E-state index >= 15 is 0 Å². The molecule has 2 N–H and O–H groups in total. The minimum absolute atomic E-state index is 0.0343. The average molecular weight is 582 g/mol. The molecule has 0 radical (unpaired) electrons. The number of hydrogen-bond donors (Lipinski definition) is 2. The fourth-order valence-corrected chi connectivity index (χ4v) is 5.52. The number of ether oxygens (including phenoxy) is 2. The summed E-state index contributed by atoms with van der Waals surface area (Å²) in [5.41, 5.74) is 7.43. The van der Waals surface area contributed by atoms with Gasteiger partial charge in [-0.2, -0.15) is 0 Å². The second-order valence-electron chi connectivity index (χ2n) is 10.7. The van der Waals surface area contributed by atoms with Crippen LogP contribution < -0.4 is 9.47 Å². The number of aliphatic imine (C=N–C) groups is 1. The van der Waals surface area contributed by atoms with Crippen molar-refractivity contribution in [2.45, 2.75) is 19.6 Å². The normalized spacial score (nSPS) is 11.7. The van der Waals surface area contributed by atoms with Gasteiger partial charge in [0.25, 0.3) is 0 Å². The fourth-order valence-electron chi connectivity index (χ4n) is 5.52. The molecule has 44 heavy (non-hydrogen) atoms. The summed E-state index contributed by atoms with van der Waals surface area (Å²) in [6, 6.07) is 43.1. The molecule has 0 aliphatic rings. The molecule has 6 rings (SSSR count). The Bertz CT molecular complexity index is 1810. The summed E-state index contributed by atoms with van der Waals surface area (Å²) in [5.74, 6) is 1.19. The highest BCUT2D eigenvalue weighted by Gasteiger charge is 2.21. The van der Waals surface area contributed by atoms with E-state index in [9.17, 15) is 5.11 Å². The summed E-state index contributed by atoms with van der Waals surface area (Å²) in [5, 5.41) is 11.9. The maximum absolute atomic E-state index is 11.1. The van der Waals surface area contributed by atoms with Gasteiger partial charge < -0.3 is 19.6 Å². The number of methoxy groups -OCH3 is 2. The maximum atomic E-state index is 11.1. The first-order valence-corrected chi connectivity index (χ1v) is 14.6. The van der Waals surface area contributed by atoms with Crippen molar-refractivity contribution in [1.29, 1.82) is 0 Å². The number of aromatic nitrogens is 1. The first-order valence-electron chi connectivity index (χ1n) is 14.6. The summed E-state index contributed by atoms with van der Waals surface area (Å²) in [6.45, 7) is 2.49. The van der Waals surface area contributed by atoms with Crippen LogP contribution in [0.2, 0.25) is 0 Å². The molecule has 0 saturated carbocycles. The molecule has 0 aliphatic carbocycles. The number of H-pyrrole nitrogens is 1. The minimum Gasteiger partial charge on any atom is -0.494 e. The largest absolute Gasteiger partial charge is 0.494 e. The van der Waals surface area contributed by atoms with Crippen molar-refractivity contribution in [3.63, 3.8) is 0 Å². The Balaban J connectivity index is 1.33. The van der Waals surface area contributed by atoms with Gasteiger partial charge in [0.05, 0.1) is 36.7 Å². The number of nitrogens with one attached hydrogen (secondary N) is 1. The summed E-state index contributed by atoms with van der Waals surface area (Å²) < 4.78 is 11.0. The standard InChI is InChI=1S/C38H35N3O3/c1-43-34-22-32-33(23-35(34)44-2)40-38(42)36(32)37(30-16-10-5-11-17-30)39-31-20-18-29(19-21-31)26-41(24-27-12-6-3-7-13-27)25-28-14-8-4-9-15-28/h3-23,40,42H,24-26H2,1-2H3. The number of hydrogen-bond acceptors (Lipinski definition) is 5. The van der Waals surface area contributed by atoms with E-state index in [0.29, 0.717) is 22.8 Å². The van der Waals surface area contributed by atoms with E-state index in [0.717, 1.165) is 41.8 Å². The summed E-state index contributed by atoms with van der Waals surface area (Å²) in [7, 11) is 3.20. The molecule has 5 aromatic carbocycles. The number of fused-ring (bicyclic) bond motifs is 1. The van der Waals surface area contributed by atoms with E-state index in [1.54, 1.807) is 14.2 Å². The van der Waals surface area contributed by atoms with Gasteiger partial charge in [0.2, 0.25) is 0 Å². The zero-order valence-corrected chi connectivity index (χ0v) is 24.9. The van der Waals surface area contributed by atoms with Crippen LogP contribution in [0, 0.1) is 0 Å². The first kappa shape index (κ1) is 28.8. The van der Waals surface area contributed by atoms with Gasteiger partial charge >= 0.3 is 0 Å². The van der Waals surface area contributed by atoms with E-state index in [1.807, 2.05) is 54.6 Å². The second-order valence-corrected chi connectivity index (χ2v) is 10.7. The molecule has 0 bridgehead atoms. The van der Waals surface area contributed by atoms with Crippen LogP contribution in [-0.2, 0) is 19.6 Å². The molecular weight excluding hydrogens is 546 g/mol. The van der Waals surface area contributed by atoms with Crippen molar-refractivity contribution in [2.75, 3.05) is 14.2 Å². The van der Waals surface area contributed by atoms with Gasteiger partial charge in [0.1, 0.15) is 0 Å². The highest BCUT2D eigenvalue weighted by molar-refractivity contribution is 6.22. The molecule has 0 spiro atoms. The van der Waals surface area contributed by atoms with Gasteiger partial charge in [-0.05, 0) is 34.9 Å². The number of aromatic amines is 1. The van der Waals surface area contributed by atoms with Gasteiger partial charge in [-0.15, -0.1) is 0 Å². The molecule has 0 aliphatic heterocycles. The molecule has 0 atom stereocenters. The Kier molecular flexibility index (Phi) is 8.71. The third-order valence-electron chi connectivity index (χ3n) is 7.65. The van der Waals surface area contributed by atoms with Crippen LogP contribution in [0.3, 0.4) is 0 Å². The van der Waals surface area contributed by atoms with E-state index in [1.165, 1.54) is 16.7 Å². The molecule has 0 unspecified atom stereocenters. The van der Waals surface area contributed by atoms with Crippen molar-refractivity contribution in [2.24, 2.45) is 4.99 Å². The first-order chi connectivity index (χ1) is 21.6. The van der Waals surface area contributed by atoms with Crippen LogP contribution in [-0.4, -0.2) is 34.9 Å². The number of benzene rings is 5. The number of rotatable bonds is 11. The Morgan fingerprint density at radius 3 is 1.70 bits per heavy atom. The van der Waals surface area contributed by atoms with E-state index in [4.69, 9.17) is 14.5 Å². The van der Waals surface area contributed by atoms with Crippen LogP contribution >= 0.6 is 0 Å². The maximum Gasteiger partial charge on any atom is 0.199 e. The molecule has 6 heteroatoms. The molecule has 0 fully saturated rings. The van der Waals surface area contributed by atoms with Crippen LogP contribution in [0.1, 0.15) is 27.8 Å². The minimum atomic E-state index is 0.0343. The molecular formula is C38H35N3O3. The predicted octanol–water partition coefficient (Wildman–Crippen LogP) is 8.26. The van der Waals surface area contributed by atoms with Crippen molar-refractivity contribution >= 4 is 22.3 Å². The average Bonchev–Trinajstić information content (AvgIpc) is 3.39. The summed E-state index contributed by atoms with van der Waals surface area (Å²) in [6.07, 6.45) is 0. The lowest BCUT2D eigenvalue weighted by Crippen LogP contribution is -2.22. The fraction of sp³-hybridized carbons (Fsp3) is 0.132. The zero-order valence-electron chi connectivity index (χ0n) is 24.9. The Morgan fingerprint density at radius 1 is 0.659 bits per heavy atom. The lowest BCUT2D eigenvalue weighted by Gasteiger charge is -2.23. The second kappa shape index (κ2) is 13.3. The molecule has 0 amide bonds. The van der Waals surface area contributed by atoms with Crippen LogP contribution in [0.25, 0.3) is 10.9 Å². The van der Waals surface area contributed by atoms with Crippen molar-refractivity contribution in [3.05, 3.63) is 155 Å². The van der Waals surface area contributed by atoms with Gasteiger partial charge in [0.15, 0.2) is 17.4 Å². The SMILES string of the molecule is COc1cc2[nH]c(O)c(C(=Nc3ccc(CN(Cc4ccccc4)Cc4ccccc4)cc3)c3ccccc3)c2cc1OC. The Labute approximate surface area is 257 Å². The van der Waals surface area contributed by atoms with E-state index in [-0.39, 0.29) is 5.88 Å². The third kappa shape index (κ3) is 6.51. The van der Waals surface area contributed by atoms with E-state index in [2.05, 4.69) is 82.7 Å². The smallest absolute Gasteiger partial charge is 0.199 e. The third-order valence-corrected chi connectivity index (χ3v) is 7.65. The zero-order chi connectivity index (χ0) is 30.3. The highest BCUT2D eigenvalue weighted by atomic mass is 16.5. The highest BCUT2D eigenvalue weighted by Crippen LogP contribution is 2.38. The Morgan fingerprint density at radius 2 is 1.16 bits per heavy atom. The number of aromatic hydroxyl groups is 1. The predicted molar refractivity (Wildman–Crippen MR) is 177 cm³/mol. The number of nitrogens with zero attached hydrogens (tertiary/aromatic N) is 2. The summed E-state index contributed by atoms with van der Waals surface area (Å²) >= 11 is 0. The summed E-state index contributed by atoms with van der Waals surface area (Å²) in [4.78, 5) is 10.6. The van der Waals surface area contributed by atoms with Gasteiger partial charge in [0, 0.05) is 36.7 Å². The monoisotopic (exact) mass is 581 g/mol. The van der Waals surface area contributed by atoms with Gasteiger partial charge in [-0.3, -0.25) is 4.90 Å². The lowest BCUT2D eigenvalue weighted by molar-refractivity contribution is 0.248. The van der Waals surface area contributed by atoms with E-state index < -0.39 is 0 Å². The van der Waals surface area contributed by atoms with Gasteiger partial charge in [-0.25, -0.2) is 4.99 Å². The van der Waals surface area contributed by atoms with Crippen molar-refractivity contribution in [1.82, 2.24) is 9.88 Å². The topological polar surface area (TPSA) is 70.1 Å². The van der Waals surface area contributed by atoms with Crippen LogP contribution in [0.4, 0.5) is 5.69 Å². The van der Waals surface area contributed by atoms with Crippen molar-refractivity contribution < 1.29 is 14.6 Å². The van der Waals surface area contributed by atoms with Crippen LogP contribution in [0.15, 0.2) is 132 Å². The van der Waals surface area contributed by atoms with Crippen molar-refractivity contribution in [3.8, 4) is 17.4 Å². The molecule has 1 aromatic heterocycles. The molecule has 6 nitrogen and oxygen atoms in total.